The number of aryl methyl sites for hydroxylation is 1. The van der Waals surface area contributed by atoms with Crippen LogP contribution in [0.3, 0.4) is 0 Å². The first-order valence-corrected chi connectivity index (χ1v) is 6.59. The molecule has 1 aromatic rings. The van der Waals surface area contributed by atoms with Gasteiger partial charge in [-0.3, -0.25) is 0 Å². The third-order valence-electron chi connectivity index (χ3n) is 3.48. The summed E-state index contributed by atoms with van der Waals surface area (Å²) in [7, 11) is 0. The monoisotopic (exact) mass is 266 g/mol. The number of carbonyl (C=O) groups excluding carboxylic acids is 1. The van der Waals surface area contributed by atoms with Crippen LogP contribution in [-0.2, 0) is 9.53 Å². The molecule has 0 unspecified atom stereocenters. The SMILES string of the molecule is CCOC(=O)C1(F)CCN(c2ncccc2C)CC1. The van der Waals surface area contributed by atoms with E-state index in [1.54, 1.807) is 13.1 Å². The van der Waals surface area contributed by atoms with Crippen molar-refractivity contribution in [3.63, 3.8) is 0 Å². The first-order chi connectivity index (χ1) is 9.07. The molecule has 5 heteroatoms. The Labute approximate surface area is 112 Å². The number of esters is 1. The van der Waals surface area contributed by atoms with E-state index in [2.05, 4.69) is 4.98 Å². The molecule has 1 aromatic heterocycles. The highest BCUT2D eigenvalue weighted by molar-refractivity contribution is 5.80. The number of aromatic nitrogens is 1. The number of nitrogens with zero attached hydrogens (tertiary/aromatic N) is 2. The Kier molecular flexibility index (Phi) is 4.02. The van der Waals surface area contributed by atoms with Crippen molar-refractivity contribution in [2.45, 2.75) is 32.4 Å². The third-order valence-corrected chi connectivity index (χ3v) is 3.48. The predicted octanol–water partition coefficient (Wildman–Crippen LogP) is 2.26. The normalized spacial score (nSPS) is 18.2. The number of pyridine rings is 1. The van der Waals surface area contributed by atoms with Crippen molar-refractivity contribution in [3.8, 4) is 0 Å². The fraction of sp³-hybridized carbons (Fsp3) is 0.571. The maximum absolute atomic E-state index is 14.4. The van der Waals surface area contributed by atoms with E-state index >= 15 is 0 Å². The lowest BCUT2D eigenvalue weighted by atomic mass is 9.93. The Morgan fingerprint density at radius 1 is 1.53 bits per heavy atom. The molecule has 0 spiro atoms. The first-order valence-electron chi connectivity index (χ1n) is 6.59. The molecule has 0 atom stereocenters. The first kappa shape index (κ1) is 13.8. The molecule has 1 fully saturated rings. The number of anilines is 1. The quantitative estimate of drug-likeness (QED) is 0.787. The smallest absolute Gasteiger partial charge is 0.344 e. The van der Waals surface area contributed by atoms with Gasteiger partial charge in [0.2, 0.25) is 5.67 Å². The molecule has 0 amide bonds. The summed E-state index contributed by atoms with van der Waals surface area (Å²) in [5, 5.41) is 0. The lowest BCUT2D eigenvalue weighted by molar-refractivity contribution is -0.158. The maximum Gasteiger partial charge on any atom is 0.344 e. The van der Waals surface area contributed by atoms with Crippen LogP contribution in [0.25, 0.3) is 0 Å². The molecule has 1 aliphatic heterocycles. The molecule has 1 saturated heterocycles. The molecule has 0 saturated carbocycles. The van der Waals surface area contributed by atoms with Crippen LogP contribution in [0.2, 0.25) is 0 Å². The van der Waals surface area contributed by atoms with Gasteiger partial charge in [0.1, 0.15) is 5.82 Å². The van der Waals surface area contributed by atoms with Crippen LogP contribution in [-0.4, -0.2) is 36.3 Å². The second-order valence-corrected chi connectivity index (χ2v) is 4.82. The van der Waals surface area contributed by atoms with Gasteiger partial charge in [0, 0.05) is 32.1 Å². The van der Waals surface area contributed by atoms with Gasteiger partial charge in [-0.05, 0) is 25.5 Å². The summed E-state index contributed by atoms with van der Waals surface area (Å²) in [6.07, 6.45) is 2.04. The molecule has 4 nitrogen and oxygen atoms in total. The molecule has 2 rings (SSSR count). The number of carbonyl (C=O) groups is 1. The van der Waals surface area contributed by atoms with E-state index < -0.39 is 11.6 Å². The third kappa shape index (κ3) is 2.85. The summed E-state index contributed by atoms with van der Waals surface area (Å²) in [5.41, 5.74) is -0.778. The number of piperidine rings is 1. The molecule has 1 aliphatic rings. The second kappa shape index (κ2) is 5.55. The van der Waals surface area contributed by atoms with Crippen LogP contribution in [0.4, 0.5) is 10.2 Å². The van der Waals surface area contributed by atoms with Gasteiger partial charge in [0.05, 0.1) is 6.61 Å². The number of hydrogen-bond donors (Lipinski definition) is 0. The van der Waals surface area contributed by atoms with E-state index in [0.29, 0.717) is 13.1 Å². The van der Waals surface area contributed by atoms with Crippen molar-refractivity contribution < 1.29 is 13.9 Å². The molecule has 104 valence electrons. The van der Waals surface area contributed by atoms with E-state index in [-0.39, 0.29) is 19.4 Å². The van der Waals surface area contributed by atoms with Crippen molar-refractivity contribution >= 4 is 11.8 Å². The van der Waals surface area contributed by atoms with Crippen molar-refractivity contribution in [2.75, 3.05) is 24.6 Å². The van der Waals surface area contributed by atoms with Crippen molar-refractivity contribution in [2.24, 2.45) is 0 Å². The van der Waals surface area contributed by atoms with Crippen LogP contribution in [0, 0.1) is 6.92 Å². The standard InChI is InChI=1S/C14H19FN2O2/c1-3-19-13(18)14(15)6-9-17(10-7-14)12-11(2)5-4-8-16-12/h4-5,8H,3,6-7,9-10H2,1-2H3. The maximum atomic E-state index is 14.4. The average Bonchev–Trinajstić information content (AvgIpc) is 2.41. The van der Waals surface area contributed by atoms with Crippen LogP contribution >= 0.6 is 0 Å². The van der Waals surface area contributed by atoms with Gasteiger partial charge in [-0.25, -0.2) is 14.2 Å². The van der Waals surface area contributed by atoms with E-state index in [9.17, 15) is 9.18 Å². The van der Waals surface area contributed by atoms with Gasteiger partial charge < -0.3 is 9.64 Å². The Morgan fingerprint density at radius 2 is 2.21 bits per heavy atom. The summed E-state index contributed by atoms with van der Waals surface area (Å²) >= 11 is 0. The summed E-state index contributed by atoms with van der Waals surface area (Å²) in [4.78, 5) is 17.9. The van der Waals surface area contributed by atoms with Crippen LogP contribution in [0.5, 0.6) is 0 Å². The van der Waals surface area contributed by atoms with E-state index in [0.717, 1.165) is 11.4 Å². The minimum absolute atomic E-state index is 0.155. The zero-order chi connectivity index (χ0) is 13.9. The van der Waals surface area contributed by atoms with E-state index in [1.807, 2.05) is 24.0 Å². The second-order valence-electron chi connectivity index (χ2n) is 4.82. The van der Waals surface area contributed by atoms with Gasteiger partial charge in [-0.1, -0.05) is 6.07 Å². The largest absolute Gasteiger partial charge is 0.464 e. The summed E-state index contributed by atoms with van der Waals surface area (Å²) in [6.45, 7) is 4.84. The molecule has 0 aromatic carbocycles. The van der Waals surface area contributed by atoms with Crippen LogP contribution < -0.4 is 4.90 Å². The van der Waals surface area contributed by atoms with E-state index in [1.165, 1.54) is 0 Å². The molecule has 0 radical (unpaired) electrons. The van der Waals surface area contributed by atoms with Gasteiger partial charge in [-0.2, -0.15) is 0 Å². The highest BCUT2D eigenvalue weighted by atomic mass is 19.1. The molecule has 0 aliphatic carbocycles. The number of alkyl halides is 1. The lowest BCUT2D eigenvalue weighted by Crippen LogP contribution is -2.47. The van der Waals surface area contributed by atoms with Crippen LogP contribution in [0.15, 0.2) is 18.3 Å². The Balaban J connectivity index is 2.03. The highest BCUT2D eigenvalue weighted by Crippen LogP contribution is 2.30. The summed E-state index contributed by atoms with van der Waals surface area (Å²) in [5.74, 6) is 0.140. The zero-order valence-corrected chi connectivity index (χ0v) is 11.4. The van der Waals surface area contributed by atoms with Crippen molar-refractivity contribution in [1.82, 2.24) is 4.98 Å². The Bertz CT molecular complexity index is 457. The molecule has 0 N–H and O–H groups in total. The Hall–Kier alpha value is -1.65. The lowest BCUT2D eigenvalue weighted by Gasteiger charge is -2.35. The van der Waals surface area contributed by atoms with Crippen LogP contribution in [0.1, 0.15) is 25.3 Å². The number of halogens is 1. The highest BCUT2D eigenvalue weighted by Gasteiger charge is 2.43. The van der Waals surface area contributed by atoms with Gasteiger partial charge in [0.25, 0.3) is 0 Å². The number of ether oxygens (including phenoxy) is 1. The van der Waals surface area contributed by atoms with Crippen molar-refractivity contribution in [1.29, 1.82) is 0 Å². The van der Waals surface area contributed by atoms with Crippen molar-refractivity contribution in [3.05, 3.63) is 23.9 Å². The molecular formula is C14H19FN2O2. The number of hydrogen-bond acceptors (Lipinski definition) is 4. The fourth-order valence-electron chi connectivity index (χ4n) is 2.35. The summed E-state index contributed by atoms with van der Waals surface area (Å²) in [6, 6.07) is 3.85. The predicted molar refractivity (Wildman–Crippen MR) is 70.9 cm³/mol. The minimum atomic E-state index is -1.84. The minimum Gasteiger partial charge on any atom is -0.464 e. The Morgan fingerprint density at radius 3 is 2.79 bits per heavy atom. The molecule has 2 heterocycles. The number of rotatable bonds is 3. The fourth-order valence-corrected chi connectivity index (χ4v) is 2.35. The summed E-state index contributed by atoms with van der Waals surface area (Å²) < 4.78 is 19.2. The van der Waals surface area contributed by atoms with Gasteiger partial charge >= 0.3 is 5.97 Å². The molecule has 19 heavy (non-hydrogen) atoms. The molecular weight excluding hydrogens is 247 g/mol. The topological polar surface area (TPSA) is 42.4 Å². The van der Waals surface area contributed by atoms with E-state index in [4.69, 9.17) is 4.74 Å². The average molecular weight is 266 g/mol. The van der Waals surface area contributed by atoms with Gasteiger partial charge in [-0.15, -0.1) is 0 Å². The molecule has 0 bridgehead atoms. The zero-order valence-electron chi connectivity index (χ0n) is 11.4. The van der Waals surface area contributed by atoms with Gasteiger partial charge in [0.15, 0.2) is 0 Å².